The number of amides is 1. The summed E-state index contributed by atoms with van der Waals surface area (Å²) < 4.78 is 8.40. The number of anilines is 1. The predicted molar refractivity (Wildman–Crippen MR) is 156 cm³/mol. The molecule has 1 aliphatic heterocycles. The molecule has 0 saturated carbocycles. The third-order valence-electron chi connectivity index (χ3n) is 7.95. The number of rotatable bonds is 12. The van der Waals surface area contributed by atoms with Crippen molar-refractivity contribution in [2.24, 2.45) is 5.92 Å². The molecule has 216 valence electrons. The molecule has 4 rings (SSSR count). The third-order valence-corrected chi connectivity index (χ3v) is 10.5. The zero-order valence-electron chi connectivity index (χ0n) is 23.8. The molecule has 2 aromatic carbocycles. The molecule has 4 N–H and O–H groups in total. The van der Waals surface area contributed by atoms with Crippen LogP contribution in [0.25, 0.3) is 0 Å². The van der Waals surface area contributed by atoms with Gasteiger partial charge in [-0.1, -0.05) is 54.6 Å². The maximum atomic E-state index is 11.9. The highest BCUT2D eigenvalue weighted by molar-refractivity contribution is 6.71. The summed E-state index contributed by atoms with van der Waals surface area (Å²) in [5.41, 5.74) is 3.55. The Morgan fingerprint density at radius 3 is 2.55 bits per heavy atom. The molecule has 1 aromatic heterocycles. The van der Waals surface area contributed by atoms with E-state index in [1.165, 1.54) is 6.92 Å². The molecule has 10 heteroatoms. The second-order valence-electron chi connectivity index (χ2n) is 11.5. The zero-order valence-corrected chi connectivity index (χ0v) is 24.8. The second-order valence-corrected chi connectivity index (χ2v) is 15.5. The minimum Gasteiger partial charge on any atom is -0.432 e. The zero-order chi connectivity index (χ0) is 28.9. The Hall–Kier alpha value is -2.89. The van der Waals surface area contributed by atoms with Gasteiger partial charge in [-0.15, -0.1) is 5.10 Å². The average molecular weight is 567 g/mol. The molecule has 0 spiro atoms. The van der Waals surface area contributed by atoms with Crippen molar-refractivity contribution in [3.8, 4) is 0 Å². The molecule has 0 radical (unpaired) electrons. The first-order valence-electron chi connectivity index (χ1n) is 14.1. The molecule has 0 aliphatic carbocycles. The quantitative estimate of drug-likeness (QED) is 0.246. The number of aliphatic hydroxyl groups excluding tert-OH is 2. The molecular weight excluding hydrogens is 524 g/mol. The van der Waals surface area contributed by atoms with Gasteiger partial charge in [0.05, 0.1) is 30.4 Å². The van der Waals surface area contributed by atoms with Crippen molar-refractivity contribution in [2.75, 3.05) is 11.9 Å². The van der Waals surface area contributed by atoms with Crippen LogP contribution in [0.15, 0.2) is 60.8 Å². The fraction of sp³-hybridized carbons (Fsp3) is 0.500. The number of carbonyl (C=O) groups is 1. The van der Waals surface area contributed by atoms with E-state index in [1.54, 1.807) is 4.68 Å². The number of aliphatic hydroxyl groups is 2. The van der Waals surface area contributed by atoms with Crippen molar-refractivity contribution in [1.29, 1.82) is 0 Å². The van der Waals surface area contributed by atoms with Crippen molar-refractivity contribution in [1.82, 2.24) is 15.0 Å². The smallest absolute Gasteiger partial charge is 0.252 e. The first-order valence-corrected chi connectivity index (χ1v) is 17.1. The van der Waals surface area contributed by atoms with E-state index in [0.717, 1.165) is 29.7 Å². The summed E-state index contributed by atoms with van der Waals surface area (Å²) in [6, 6.07) is 17.5. The topological polar surface area (TPSA) is 130 Å². The Morgan fingerprint density at radius 2 is 1.88 bits per heavy atom. The lowest BCUT2D eigenvalue weighted by molar-refractivity contribution is -0.123. The van der Waals surface area contributed by atoms with E-state index in [-0.39, 0.29) is 36.2 Å². The van der Waals surface area contributed by atoms with Crippen LogP contribution in [-0.2, 0) is 22.5 Å². The first kappa shape index (κ1) is 30.1. The standard InChI is InChI=1S/C30H42N4O5Si/c1-20-27(14-13-22-9-8-12-24(17-22)31-30(37)21(2)36)39-28(29(20)40(3,4)38)15-16-34-18-26(32-33-34)25(19-35)23-10-6-5-7-11-23/h5-12,17-18,20-21,25,27-29,35-36,38H,13-16,19H2,1-4H3,(H,31,37)/t20-,21-,25?,27+,28-,29+/m0/s1. The highest BCUT2D eigenvalue weighted by atomic mass is 28.4. The number of nitrogens with zero attached hydrogens (tertiary/aromatic N) is 3. The van der Waals surface area contributed by atoms with Gasteiger partial charge in [-0.3, -0.25) is 9.48 Å². The van der Waals surface area contributed by atoms with E-state index in [1.807, 2.05) is 73.9 Å². The molecule has 3 aromatic rings. The lowest BCUT2D eigenvalue weighted by Crippen LogP contribution is -2.40. The number of nitrogens with one attached hydrogen (secondary N) is 1. The maximum Gasteiger partial charge on any atom is 0.252 e. The van der Waals surface area contributed by atoms with Crippen LogP contribution in [0.3, 0.4) is 0 Å². The Labute approximate surface area is 237 Å². The van der Waals surface area contributed by atoms with Gasteiger partial charge in [0, 0.05) is 24.0 Å². The van der Waals surface area contributed by atoms with Crippen molar-refractivity contribution >= 4 is 19.9 Å². The molecule has 1 fully saturated rings. The molecule has 6 atom stereocenters. The highest BCUT2D eigenvalue weighted by Crippen LogP contribution is 2.45. The van der Waals surface area contributed by atoms with Gasteiger partial charge in [0.2, 0.25) is 0 Å². The number of carbonyl (C=O) groups excluding carboxylic acids is 1. The largest absolute Gasteiger partial charge is 0.432 e. The predicted octanol–water partition coefficient (Wildman–Crippen LogP) is 3.72. The minimum absolute atomic E-state index is 0.00722. The number of ether oxygens (including phenoxy) is 1. The van der Waals surface area contributed by atoms with Crippen LogP contribution >= 0.6 is 0 Å². The van der Waals surface area contributed by atoms with E-state index < -0.39 is 20.3 Å². The Bertz CT molecular complexity index is 1250. The van der Waals surface area contributed by atoms with Gasteiger partial charge in [0.1, 0.15) is 6.10 Å². The minimum atomic E-state index is -2.51. The van der Waals surface area contributed by atoms with Gasteiger partial charge in [-0.05, 0) is 68.5 Å². The number of hydrogen-bond donors (Lipinski definition) is 4. The van der Waals surface area contributed by atoms with Crippen LogP contribution in [0.1, 0.15) is 49.4 Å². The average Bonchev–Trinajstić information content (AvgIpc) is 3.51. The number of hydrogen-bond acceptors (Lipinski definition) is 7. The summed E-state index contributed by atoms with van der Waals surface area (Å²) in [6.07, 6.45) is 3.03. The summed E-state index contributed by atoms with van der Waals surface area (Å²) >= 11 is 0. The molecule has 9 nitrogen and oxygen atoms in total. The van der Waals surface area contributed by atoms with Crippen LogP contribution in [-0.4, -0.2) is 69.1 Å². The van der Waals surface area contributed by atoms with E-state index in [9.17, 15) is 19.8 Å². The molecular formula is C30H42N4O5Si. The Balaban J connectivity index is 1.39. The summed E-state index contributed by atoms with van der Waals surface area (Å²) in [5.74, 6) is -0.451. The van der Waals surface area contributed by atoms with E-state index in [2.05, 4.69) is 22.6 Å². The van der Waals surface area contributed by atoms with Gasteiger partial charge in [-0.25, -0.2) is 0 Å². The second kappa shape index (κ2) is 13.2. The molecule has 1 amide bonds. The molecule has 2 heterocycles. The van der Waals surface area contributed by atoms with Gasteiger partial charge in [-0.2, -0.15) is 0 Å². The highest BCUT2D eigenvalue weighted by Gasteiger charge is 2.49. The molecule has 1 aliphatic rings. The van der Waals surface area contributed by atoms with E-state index >= 15 is 0 Å². The van der Waals surface area contributed by atoms with Crippen molar-refractivity contribution in [2.45, 2.75) is 82.5 Å². The summed E-state index contributed by atoms with van der Waals surface area (Å²) in [7, 11) is -2.51. The molecule has 40 heavy (non-hydrogen) atoms. The van der Waals surface area contributed by atoms with Crippen molar-refractivity contribution < 1.29 is 24.5 Å². The summed E-state index contributed by atoms with van der Waals surface area (Å²) in [6.45, 7) is 8.15. The van der Waals surface area contributed by atoms with Crippen LogP contribution in [0.4, 0.5) is 5.69 Å². The number of aryl methyl sites for hydroxylation is 2. The fourth-order valence-corrected chi connectivity index (χ4v) is 8.59. The number of benzene rings is 2. The van der Waals surface area contributed by atoms with Gasteiger partial charge in [0.25, 0.3) is 5.91 Å². The van der Waals surface area contributed by atoms with Gasteiger partial charge < -0.3 is 25.1 Å². The molecule has 1 unspecified atom stereocenters. The third kappa shape index (κ3) is 7.44. The van der Waals surface area contributed by atoms with Crippen LogP contribution in [0.2, 0.25) is 18.6 Å². The summed E-state index contributed by atoms with van der Waals surface area (Å²) in [4.78, 5) is 23.1. The first-order chi connectivity index (χ1) is 19.1. The normalized spacial score (nSPS) is 22.7. The van der Waals surface area contributed by atoms with Crippen LogP contribution in [0, 0.1) is 5.92 Å². The fourth-order valence-electron chi connectivity index (χ4n) is 5.94. The van der Waals surface area contributed by atoms with E-state index in [0.29, 0.717) is 18.7 Å². The van der Waals surface area contributed by atoms with Crippen LogP contribution in [0.5, 0.6) is 0 Å². The maximum absolute atomic E-state index is 11.9. The Kier molecular flexibility index (Phi) is 9.91. The lowest BCUT2D eigenvalue weighted by Gasteiger charge is -2.30. The van der Waals surface area contributed by atoms with Gasteiger partial charge >= 0.3 is 0 Å². The van der Waals surface area contributed by atoms with Gasteiger partial charge in [0.15, 0.2) is 8.32 Å². The lowest BCUT2D eigenvalue weighted by atomic mass is 9.95. The van der Waals surface area contributed by atoms with Crippen LogP contribution < -0.4 is 5.32 Å². The molecule has 0 bridgehead atoms. The van der Waals surface area contributed by atoms with E-state index in [4.69, 9.17) is 4.74 Å². The SMILES string of the molecule is C[C@@H]1[C@@H]([Si](C)(C)O)[C@H](CCn2cc(C(CO)c3ccccc3)nn2)O[C@@H]1CCc1cccc(NC(=O)[C@H](C)O)c1. The molecule has 1 saturated heterocycles. The Morgan fingerprint density at radius 1 is 1.12 bits per heavy atom. The van der Waals surface area contributed by atoms with Crippen molar-refractivity contribution in [3.05, 3.63) is 77.6 Å². The summed E-state index contributed by atoms with van der Waals surface area (Å²) in [5, 5.41) is 30.8. The number of aromatic nitrogens is 3. The monoisotopic (exact) mass is 566 g/mol. The van der Waals surface area contributed by atoms with Crippen molar-refractivity contribution in [3.63, 3.8) is 0 Å².